The predicted octanol–water partition coefficient (Wildman–Crippen LogP) is 4.89. The normalized spacial score (nSPS) is 11.4. The lowest BCUT2D eigenvalue weighted by Gasteiger charge is -2.12. The van der Waals surface area contributed by atoms with Gasteiger partial charge in [-0.05, 0) is 35.4 Å². The lowest BCUT2D eigenvalue weighted by molar-refractivity contribution is -0.137. The zero-order valence-electron chi connectivity index (χ0n) is 9.84. The van der Waals surface area contributed by atoms with Crippen molar-refractivity contribution in [2.24, 2.45) is 0 Å². The van der Waals surface area contributed by atoms with Crippen LogP contribution in [0.4, 0.5) is 17.6 Å². The van der Waals surface area contributed by atoms with Gasteiger partial charge in [0.1, 0.15) is 5.82 Å². The Balaban J connectivity index is 2.66. The van der Waals surface area contributed by atoms with Crippen LogP contribution in [-0.4, -0.2) is 5.24 Å². The lowest BCUT2D eigenvalue weighted by Crippen LogP contribution is -2.07. The molecule has 0 fully saturated rings. The first-order valence-corrected chi connectivity index (χ1v) is 5.84. The van der Waals surface area contributed by atoms with E-state index in [0.717, 1.165) is 18.2 Å². The standard InChI is InChI=1S/C14H7ClF4O/c15-13(20)11-7-8(14(17,18)19)5-6-9(11)10-3-1-2-4-12(10)16/h1-7H. The molecule has 1 nitrogen and oxygen atoms in total. The summed E-state index contributed by atoms with van der Waals surface area (Å²) in [6.45, 7) is 0. The van der Waals surface area contributed by atoms with Crippen molar-refractivity contribution < 1.29 is 22.4 Å². The fourth-order valence-electron chi connectivity index (χ4n) is 1.80. The molecule has 0 aliphatic rings. The van der Waals surface area contributed by atoms with Crippen molar-refractivity contribution in [2.75, 3.05) is 0 Å². The second-order valence-corrected chi connectivity index (χ2v) is 4.35. The molecule has 0 saturated carbocycles. The summed E-state index contributed by atoms with van der Waals surface area (Å²) in [6.07, 6.45) is -4.60. The van der Waals surface area contributed by atoms with Gasteiger partial charge in [-0.15, -0.1) is 0 Å². The van der Waals surface area contributed by atoms with Crippen LogP contribution >= 0.6 is 11.6 Å². The maximum atomic E-state index is 13.7. The Morgan fingerprint density at radius 3 is 2.20 bits per heavy atom. The first kappa shape index (κ1) is 14.5. The lowest BCUT2D eigenvalue weighted by atomic mass is 9.97. The molecule has 0 amide bonds. The van der Waals surface area contributed by atoms with Crippen molar-refractivity contribution in [3.05, 3.63) is 59.4 Å². The zero-order valence-corrected chi connectivity index (χ0v) is 10.6. The highest BCUT2D eigenvalue weighted by Crippen LogP contribution is 2.34. The highest BCUT2D eigenvalue weighted by Gasteiger charge is 2.31. The van der Waals surface area contributed by atoms with Crippen molar-refractivity contribution >= 4 is 16.8 Å². The molecule has 104 valence electrons. The SMILES string of the molecule is O=C(Cl)c1cc(C(F)(F)F)ccc1-c1ccccc1F. The van der Waals surface area contributed by atoms with Gasteiger partial charge in [-0.2, -0.15) is 13.2 Å². The molecule has 0 unspecified atom stereocenters. The van der Waals surface area contributed by atoms with E-state index in [2.05, 4.69) is 0 Å². The van der Waals surface area contributed by atoms with E-state index in [4.69, 9.17) is 11.6 Å². The summed E-state index contributed by atoms with van der Waals surface area (Å²) in [7, 11) is 0. The van der Waals surface area contributed by atoms with Crippen LogP contribution in [0, 0.1) is 5.82 Å². The third-order valence-corrected chi connectivity index (χ3v) is 2.93. The van der Waals surface area contributed by atoms with Crippen LogP contribution in [0.5, 0.6) is 0 Å². The van der Waals surface area contributed by atoms with Crippen LogP contribution in [0.3, 0.4) is 0 Å². The molecule has 2 aromatic carbocycles. The topological polar surface area (TPSA) is 17.1 Å². The van der Waals surface area contributed by atoms with E-state index in [1.54, 1.807) is 0 Å². The average molecular weight is 303 g/mol. The molecule has 6 heteroatoms. The van der Waals surface area contributed by atoms with E-state index < -0.39 is 22.8 Å². The number of hydrogen-bond donors (Lipinski definition) is 0. The van der Waals surface area contributed by atoms with Crippen LogP contribution in [0.15, 0.2) is 42.5 Å². The number of carbonyl (C=O) groups is 1. The second-order valence-electron chi connectivity index (χ2n) is 4.01. The fraction of sp³-hybridized carbons (Fsp3) is 0.0714. The smallest absolute Gasteiger partial charge is 0.276 e. The average Bonchev–Trinajstić information content (AvgIpc) is 2.37. The fourth-order valence-corrected chi connectivity index (χ4v) is 1.95. The van der Waals surface area contributed by atoms with Gasteiger partial charge >= 0.3 is 6.18 Å². The number of rotatable bonds is 2. The summed E-state index contributed by atoms with van der Waals surface area (Å²) < 4.78 is 51.5. The number of halogens is 5. The van der Waals surface area contributed by atoms with E-state index in [9.17, 15) is 22.4 Å². The van der Waals surface area contributed by atoms with Crippen LogP contribution in [0.25, 0.3) is 11.1 Å². The third-order valence-electron chi connectivity index (χ3n) is 2.72. The highest BCUT2D eigenvalue weighted by atomic mass is 35.5. The molecule has 0 aliphatic carbocycles. The van der Waals surface area contributed by atoms with Crippen LogP contribution in [0.2, 0.25) is 0 Å². The monoisotopic (exact) mass is 302 g/mol. The maximum Gasteiger partial charge on any atom is 0.416 e. The van der Waals surface area contributed by atoms with Crippen molar-refractivity contribution in [3.63, 3.8) is 0 Å². The first-order chi connectivity index (χ1) is 9.30. The number of alkyl halides is 3. The minimum atomic E-state index is -4.60. The van der Waals surface area contributed by atoms with Gasteiger partial charge in [-0.1, -0.05) is 24.3 Å². The molecule has 0 bridgehead atoms. The van der Waals surface area contributed by atoms with Crippen molar-refractivity contribution in [1.29, 1.82) is 0 Å². The summed E-state index contributed by atoms with van der Waals surface area (Å²) in [5.41, 5.74) is -1.35. The van der Waals surface area contributed by atoms with E-state index >= 15 is 0 Å². The van der Waals surface area contributed by atoms with Gasteiger partial charge < -0.3 is 0 Å². The Morgan fingerprint density at radius 1 is 1.00 bits per heavy atom. The van der Waals surface area contributed by atoms with E-state index in [1.807, 2.05) is 0 Å². The van der Waals surface area contributed by atoms with Crippen LogP contribution in [-0.2, 0) is 6.18 Å². The van der Waals surface area contributed by atoms with E-state index in [-0.39, 0.29) is 16.7 Å². The molecule has 0 heterocycles. The predicted molar refractivity (Wildman–Crippen MR) is 67.0 cm³/mol. The largest absolute Gasteiger partial charge is 0.416 e. The molecular weight excluding hydrogens is 296 g/mol. The van der Waals surface area contributed by atoms with Gasteiger partial charge in [-0.3, -0.25) is 4.79 Å². The molecule has 2 aromatic rings. The van der Waals surface area contributed by atoms with Crippen molar-refractivity contribution in [3.8, 4) is 11.1 Å². The van der Waals surface area contributed by atoms with Crippen LogP contribution in [0.1, 0.15) is 15.9 Å². The summed E-state index contributed by atoms with van der Waals surface area (Å²) >= 11 is 5.30. The Labute approximate surface area is 116 Å². The van der Waals surface area contributed by atoms with E-state index in [1.165, 1.54) is 18.2 Å². The van der Waals surface area contributed by atoms with Gasteiger partial charge in [0.15, 0.2) is 0 Å². The highest BCUT2D eigenvalue weighted by molar-refractivity contribution is 6.68. The molecule has 0 atom stereocenters. The molecule has 0 spiro atoms. The molecular formula is C14H7ClF4O. The number of carbonyl (C=O) groups excluding carboxylic acids is 1. The maximum absolute atomic E-state index is 13.7. The Kier molecular flexibility index (Phi) is 3.81. The van der Waals surface area contributed by atoms with Gasteiger partial charge in [0, 0.05) is 11.1 Å². The molecule has 0 aliphatic heterocycles. The summed E-state index contributed by atoms with van der Waals surface area (Å²) in [5.74, 6) is -0.647. The zero-order chi connectivity index (χ0) is 14.9. The minimum Gasteiger partial charge on any atom is -0.276 e. The minimum absolute atomic E-state index is 0.0187. The quantitative estimate of drug-likeness (QED) is 0.570. The first-order valence-electron chi connectivity index (χ1n) is 5.46. The summed E-state index contributed by atoms with van der Waals surface area (Å²) in [6, 6.07) is 7.90. The molecule has 0 radical (unpaired) electrons. The van der Waals surface area contributed by atoms with Gasteiger partial charge in [0.2, 0.25) is 0 Å². The molecule has 20 heavy (non-hydrogen) atoms. The van der Waals surface area contributed by atoms with Crippen molar-refractivity contribution in [2.45, 2.75) is 6.18 Å². The molecule has 0 N–H and O–H groups in total. The Hall–Kier alpha value is -1.88. The Bertz CT molecular complexity index is 664. The van der Waals surface area contributed by atoms with Gasteiger partial charge in [0.05, 0.1) is 5.56 Å². The summed E-state index contributed by atoms with van der Waals surface area (Å²) in [4.78, 5) is 11.3. The molecule has 0 saturated heterocycles. The van der Waals surface area contributed by atoms with Crippen molar-refractivity contribution in [1.82, 2.24) is 0 Å². The van der Waals surface area contributed by atoms with E-state index in [0.29, 0.717) is 6.07 Å². The number of benzene rings is 2. The van der Waals surface area contributed by atoms with Gasteiger partial charge in [0.25, 0.3) is 5.24 Å². The summed E-state index contributed by atoms with van der Waals surface area (Å²) in [5, 5.41) is -1.07. The number of hydrogen-bond acceptors (Lipinski definition) is 1. The second kappa shape index (κ2) is 5.25. The molecule has 2 rings (SSSR count). The van der Waals surface area contributed by atoms with Gasteiger partial charge in [-0.25, -0.2) is 4.39 Å². The Morgan fingerprint density at radius 2 is 1.65 bits per heavy atom. The third kappa shape index (κ3) is 2.82. The van der Waals surface area contributed by atoms with Crippen LogP contribution < -0.4 is 0 Å². The molecule has 0 aromatic heterocycles.